The molecule has 0 aliphatic carbocycles. The van der Waals surface area contributed by atoms with Crippen molar-refractivity contribution in [1.82, 2.24) is 15.2 Å². The molecule has 2 aromatic carbocycles. The SMILES string of the molecule is Cc1ccc(Nc2cnnc(Nc3ccccc3C(F)(F)F)n2)cc1Cl. The molecule has 0 amide bonds. The minimum atomic E-state index is -4.49. The van der Waals surface area contributed by atoms with Crippen molar-refractivity contribution in [2.45, 2.75) is 13.1 Å². The lowest BCUT2D eigenvalue weighted by atomic mass is 10.1. The van der Waals surface area contributed by atoms with Gasteiger partial charge in [0.1, 0.15) is 0 Å². The Morgan fingerprint density at radius 2 is 1.81 bits per heavy atom. The molecule has 1 heterocycles. The molecule has 0 aliphatic rings. The van der Waals surface area contributed by atoms with Gasteiger partial charge in [0.25, 0.3) is 0 Å². The van der Waals surface area contributed by atoms with Gasteiger partial charge in [0.05, 0.1) is 17.4 Å². The van der Waals surface area contributed by atoms with Gasteiger partial charge in [-0.2, -0.15) is 23.3 Å². The van der Waals surface area contributed by atoms with Gasteiger partial charge in [-0.15, -0.1) is 5.10 Å². The number of halogens is 4. The minimum absolute atomic E-state index is 0.0649. The lowest BCUT2D eigenvalue weighted by molar-refractivity contribution is -0.136. The standard InChI is InChI=1S/C17H13ClF3N5/c1-10-6-7-11(8-13(10)18)23-15-9-22-26-16(25-15)24-14-5-3-2-4-12(14)17(19,20)21/h2-9H,1H3,(H2,23,24,25,26). The molecule has 2 N–H and O–H groups in total. The number of para-hydroxylation sites is 1. The molecular formula is C17H13ClF3N5. The van der Waals surface area contributed by atoms with Crippen LogP contribution in [0.5, 0.6) is 0 Å². The molecule has 134 valence electrons. The van der Waals surface area contributed by atoms with Gasteiger partial charge in [-0.25, -0.2) is 0 Å². The molecule has 3 aromatic rings. The van der Waals surface area contributed by atoms with Crippen LogP contribution in [-0.2, 0) is 6.18 Å². The number of hydrogen-bond acceptors (Lipinski definition) is 5. The zero-order valence-corrected chi connectivity index (χ0v) is 14.2. The highest BCUT2D eigenvalue weighted by Crippen LogP contribution is 2.35. The Bertz CT molecular complexity index is 930. The summed E-state index contributed by atoms with van der Waals surface area (Å²) in [5, 5.41) is 13.6. The number of nitrogens with one attached hydrogen (secondary N) is 2. The van der Waals surface area contributed by atoms with Crippen molar-refractivity contribution >= 4 is 34.7 Å². The van der Waals surface area contributed by atoms with Gasteiger partial charge in [-0.3, -0.25) is 0 Å². The topological polar surface area (TPSA) is 62.7 Å². The van der Waals surface area contributed by atoms with Crippen molar-refractivity contribution in [1.29, 1.82) is 0 Å². The third kappa shape index (κ3) is 4.20. The predicted octanol–water partition coefficient (Wildman–Crippen LogP) is 5.34. The van der Waals surface area contributed by atoms with Crippen LogP contribution in [0.2, 0.25) is 5.02 Å². The molecule has 0 aliphatic heterocycles. The number of rotatable bonds is 4. The molecule has 5 nitrogen and oxygen atoms in total. The highest BCUT2D eigenvalue weighted by molar-refractivity contribution is 6.31. The number of alkyl halides is 3. The van der Waals surface area contributed by atoms with Crippen LogP contribution in [0, 0.1) is 6.92 Å². The van der Waals surface area contributed by atoms with Gasteiger partial charge in [0.15, 0.2) is 5.82 Å². The lowest BCUT2D eigenvalue weighted by Gasteiger charge is -2.13. The Morgan fingerprint density at radius 1 is 1.04 bits per heavy atom. The zero-order chi connectivity index (χ0) is 18.7. The fourth-order valence-corrected chi connectivity index (χ4v) is 2.38. The normalized spacial score (nSPS) is 11.3. The van der Waals surface area contributed by atoms with E-state index in [-0.39, 0.29) is 11.6 Å². The first-order chi connectivity index (χ1) is 12.3. The molecule has 3 rings (SSSR count). The Hall–Kier alpha value is -2.87. The summed E-state index contributed by atoms with van der Waals surface area (Å²) >= 11 is 6.07. The monoisotopic (exact) mass is 379 g/mol. The molecule has 0 saturated heterocycles. The smallest absolute Gasteiger partial charge is 0.339 e. The first-order valence-electron chi connectivity index (χ1n) is 7.49. The average Bonchev–Trinajstić information content (AvgIpc) is 2.58. The summed E-state index contributed by atoms with van der Waals surface area (Å²) in [7, 11) is 0. The maximum Gasteiger partial charge on any atom is 0.418 e. The van der Waals surface area contributed by atoms with Crippen LogP contribution in [0.15, 0.2) is 48.7 Å². The van der Waals surface area contributed by atoms with Crippen LogP contribution in [-0.4, -0.2) is 15.2 Å². The summed E-state index contributed by atoms with van der Waals surface area (Å²) in [6.45, 7) is 1.87. The van der Waals surface area contributed by atoms with E-state index in [9.17, 15) is 13.2 Å². The summed E-state index contributed by atoms with van der Waals surface area (Å²) in [6, 6.07) is 10.4. The maximum absolute atomic E-state index is 13.1. The van der Waals surface area contributed by atoms with Crippen LogP contribution >= 0.6 is 11.6 Å². The number of aryl methyl sites for hydroxylation is 1. The summed E-state index contributed by atoms with van der Waals surface area (Å²) in [5.74, 6) is 0.247. The van der Waals surface area contributed by atoms with E-state index in [1.807, 2.05) is 13.0 Å². The Balaban J connectivity index is 1.83. The molecule has 1 aromatic heterocycles. The van der Waals surface area contributed by atoms with Crippen molar-refractivity contribution in [3.8, 4) is 0 Å². The van der Waals surface area contributed by atoms with E-state index < -0.39 is 11.7 Å². The summed E-state index contributed by atoms with van der Waals surface area (Å²) < 4.78 is 39.2. The van der Waals surface area contributed by atoms with Crippen molar-refractivity contribution in [3.05, 3.63) is 64.8 Å². The van der Waals surface area contributed by atoms with Gasteiger partial charge in [-0.1, -0.05) is 29.8 Å². The van der Waals surface area contributed by atoms with Crippen LogP contribution in [0.4, 0.5) is 36.3 Å². The molecule has 26 heavy (non-hydrogen) atoms. The maximum atomic E-state index is 13.1. The number of nitrogens with zero attached hydrogens (tertiary/aromatic N) is 3. The highest BCUT2D eigenvalue weighted by atomic mass is 35.5. The number of anilines is 4. The van der Waals surface area contributed by atoms with Crippen molar-refractivity contribution < 1.29 is 13.2 Å². The van der Waals surface area contributed by atoms with Crippen LogP contribution in [0.3, 0.4) is 0 Å². The average molecular weight is 380 g/mol. The van der Waals surface area contributed by atoms with E-state index in [2.05, 4.69) is 25.8 Å². The fourth-order valence-electron chi connectivity index (χ4n) is 2.19. The van der Waals surface area contributed by atoms with Gasteiger partial charge in [-0.05, 0) is 36.8 Å². The van der Waals surface area contributed by atoms with Crippen LogP contribution < -0.4 is 10.6 Å². The second-order valence-corrected chi connectivity index (χ2v) is 5.83. The van der Waals surface area contributed by atoms with Crippen molar-refractivity contribution in [3.63, 3.8) is 0 Å². The van der Waals surface area contributed by atoms with Crippen LogP contribution in [0.25, 0.3) is 0 Å². The van der Waals surface area contributed by atoms with Crippen molar-refractivity contribution in [2.24, 2.45) is 0 Å². The third-order valence-electron chi connectivity index (χ3n) is 3.48. The van der Waals surface area contributed by atoms with Gasteiger partial charge < -0.3 is 10.6 Å². The number of hydrogen-bond donors (Lipinski definition) is 2. The van der Waals surface area contributed by atoms with Gasteiger partial charge in [0.2, 0.25) is 5.95 Å². The summed E-state index contributed by atoms with van der Waals surface area (Å²) in [4.78, 5) is 4.13. The second kappa shape index (κ2) is 7.17. The largest absolute Gasteiger partial charge is 0.418 e. The molecule has 0 atom stereocenters. The molecule has 9 heteroatoms. The Morgan fingerprint density at radius 3 is 2.54 bits per heavy atom. The van der Waals surface area contributed by atoms with E-state index in [4.69, 9.17) is 11.6 Å². The van der Waals surface area contributed by atoms with E-state index in [0.29, 0.717) is 16.5 Å². The first-order valence-corrected chi connectivity index (χ1v) is 7.87. The lowest BCUT2D eigenvalue weighted by Crippen LogP contribution is -2.10. The molecule has 0 spiro atoms. The van der Waals surface area contributed by atoms with E-state index in [1.54, 1.807) is 12.1 Å². The van der Waals surface area contributed by atoms with E-state index in [0.717, 1.165) is 11.6 Å². The highest BCUT2D eigenvalue weighted by Gasteiger charge is 2.33. The van der Waals surface area contributed by atoms with Crippen LogP contribution in [0.1, 0.15) is 11.1 Å². The van der Waals surface area contributed by atoms with E-state index >= 15 is 0 Å². The van der Waals surface area contributed by atoms with Gasteiger partial charge >= 0.3 is 6.18 Å². The third-order valence-corrected chi connectivity index (χ3v) is 3.89. The zero-order valence-electron chi connectivity index (χ0n) is 13.5. The quantitative estimate of drug-likeness (QED) is 0.640. The van der Waals surface area contributed by atoms with E-state index in [1.165, 1.54) is 24.4 Å². The Labute approximate surface area is 152 Å². The fraction of sp³-hybridized carbons (Fsp3) is 0.118. The Kier molecular flexibility index (Phi) is 4.94. The molecule has 0 saturated carbocycles. The predicted molar refractivity (Wildman–Crippen MR) is 94.0 cm³/mol. The number of benzene rings is 2. The molecular weight excluding hydrogens is 367 g/mol. The molecule has 0 bridgehead atoms. The second-order valence-electron chi connectivity index (χ2n) is 5.42. The summed E-state index contributed by atoms with van der Waals surface area (Å²) in [5.41, 5.74) is 0.622. The number of aromatic nitrogens is 3. The molecule has 0 fully saturated rings. The molecule has 0 radical (unpaired) electrons. The van der Waals surface area contributed by atoms with Gasteiger partial charge in [0, 0.05) is 10.7 Å². The minimum Gasteiger partial charge on any atom is -0.339 e. The molecule has 0 unspecified atom stereocenters. The summed E-state index contributed by atoms with van der Waals surface area (Å²) in [6.07, 6.45) is -3.14. The first kappa shape index (κ1) is 17.9. The van der Waals surface area contributed by atoms with Crippen molar-refractivity contribution in [2.75, 3.05) is 10.6 Å².